The Hall–Kier alpha value is -1.07. The van der Waals surface area contributed by atoms with E-state index >= 15 is 0 Å². The van der Waals surface area contributed by atoms with Crippen LogP contribution in [-0.2, 0) is 13.6 Å². The van der Waals surface area contributed by atoms with E-state index in [1.165, 1.54) is 5.56 Å². The third-order valence-electron chi connectivity index (χ3n) is 3.24. The number of hydrogen-bond acceptors (Lipinski definition) is 4. The Morgan fingerprint density at radius 1 is 1.32 bits per heavy atom. The van der Waals surface area contributed by atoms with E-state index in [-0.39, 0.29) is 6.61 Å². The summed E-state index contributed by atoms with van der Waals surface area (Å²) in [5, 5.41) is 17.2. The number of rotatable bonds is 7. The Bertz CT molecular complexity index is 398. The van der Waals surface area contributed by atoms with Gasteiger partial charge in [0.25, 0.3) is 0 Å². The molecule has 19 heavy (non-hydrogen) atoms. The van der Waals surface area contributed by atoms with Gasteiger partial charge in [-0.1, -0.05) is 13.8 Å². The van der Waals surface area contributed by atoms with Crippen molar-refractivity contribution in [2.24, 2.45) is 7.05 Å². The van der Waals surface area contributed by atoms with Crippen LogP contribution in [0.25, 0.3) is 0 Å². The van der Waals surface area contributed by atoms with E-state index in [9.17, 15) is 5.11 Å². The lowest BCUT2D eigenvalue weighted by molar-refractivity contribution is 0.298. The lowest BCUT2D eigenvalue weighted by Gasteiger charge is -2.29. The molecule has 0 unspecified atom stereocenters. The molecule has 0 spiro atoms. The molecule has 5 nitrogen and oxygen atoms in total. The summed E-state index contributed by atoms with van der Waals surface area (Å²) < 4.78 is 1.92. The zero-order valence-electron chi connectivity index (χ0n) is 13.1. The maximum absolute atomic E-state index is 9.27. The molecule has 2 N–H and O–H groups in total. The van der Waals surface area contributed by atoms with Gasteiger partial charge in [-0.25, -0.2) is 0 Å². The smallest absolute Gasteiger partial charge is 0.131 e. The molecule has 0 aliphatic heterocycles. The van der Waals surface area contributed by atoms with E-state index in [0.29, 0.717) is 18.6 Å². The Morgan fingerprint density at radius 3 is 2.42 bits per heavy atom. The van der Waals surface area contributed by atoms with Gasteiger partial charge in [0.05, 0.1) is 12.3 Å². The second-order valence-electron chi connectivity index (χ2n) is 5.56. The maximum atomic E-state index is 9.27. The minimum Gasteiger partial charge on any atom is -0.395 e. The van der Waals surface area contributed by atoms with Crippen LogP contribution in [0.1, 0.15) is 39.0 Å². The van der Waals surface area contributed by atoms with E-state index in [1.54, 1.807) is 0 Å². The van der Waals surface area contributed by atoms with Crippen molar-refractivity contribution >= 4 is 5.82 Å². The van der Waals surface area contributed by atoms with Crippen molar-refractivity contribution in [2.75, 3.05) is 18.1 Å². The van der Waals surface area contributed by atoms with Gasteiger partial charge in [-0.3, -0.25) is 4.68 Å². The molecule has 0 atom stereocenters. The summed E-state index contributed by atoms with van der Waals surface area (Å²) in [5.74, 6) is 1.11. The fourth-order valence-corrected chi connectivity index (χ4v) is 2.28. The Kier molecular flexibility index (Phi) is 5.82. The summed E-state index contributed by atoms with van der Waals surface area (Å²) in [6, 6.07) is 0.776. The average Bonchev–Trinajstić information content (AvgIpc) is 2.57. The molecule has 1 rings (SSSR count). The van der Waals surface area contributed by atoms with Gasteiger partial charge in [0, 0.05) is 37.8 Å². The van der Waals surface area contributed by atoms with Crippen molar-refractivity contribution in [1.82, 2.24) is 15.1 Å². The molecule has 0 saturated carbocycles. The molecule has 0 aromatic carbocycles. The van der Waals surface area contributed by atoms with Gasteiger partial charge in [-0.05, 0) is 20.8 Å². The summed E-state index contributed by atoms with van der Waals surface area (Å²) in [6.07, 6.45) is 0. The quantitative estimate of drug-likeness (QED) is 0.785. The minimum absolute atomic E-state index is 0.152. The first-order valence-electron chi connectivity index (χ1n) is 7.01. The molecule has 0 saturated heterocycles. The van der Waals surface area contributed by atoms with Crippen molar-refractivity contribution in [3.05, 3.63) is 11.3 Å². The topological polar surface area (TPSA) is 53.3 Å². The number of aliphatic hydroxyl groups is 1. The number of nitrogens with one attached hydrogen (secondary N) is 1. The number of hydrogen-bond donors (Lipinski definition) is 2. The summed E-state index contributed by atoms with van der Waals surface area (Å²) >= 11 is 0. The standard InChI is InChI=1S/C14H28N4O/c1-10(2)15-9-13-12(5)16-17(6)14(13)18(7-8-19)11(3)4/h10-11,15,19H,7-9H2,1-6H3. The fraction of sp³-hybridized carbons (Fsp3) is 0.786. The van der Waals surface area contributed by atoms with Crippen molar-refractivity contribution in [1.29, 1.82) is 0 Å². The number of anilines is 1. The number of aliphatic hydroxyl groups excluding tert-OH is 1. The molecule has 0 radical (unpaired) electrons. The summed E-state index contributed by atoms with van der Waals surface area (Å²) in [6.45, 7) is 12.2. The van der Waals surface area contributed by atoms with Gasteiger partial charge in [0.1, 0.15) is 5.82 Å². The zero-order valence-corrected chi connectivity index (χ0v) is 13.1. The lowest BCUT2D eigenvalue weighted by atomic mass is 10.2. The predicted octanol–water partition coefficient (Wildman–Crippen LogP) is 1.43. The molecule has 0 aliphatic rings. The van der Waals surface area contributed by atoms with Crippen LogP contribution >= 0.6 is 0 Å². The van der Waals surface area contributed by atoms with Crippen LogP contribution < -0.4 is 10.2 Å². The first-order valence-corrected chi connectivity index (χ1v) is 7.01. The summed E-state index contributed by atoms with van der Waals surface area (Å²) in [4.78, 5) is 2.21. The molecular formula is C14H28N4O. The van der Waals surface area contributed by atoms with E-state index in [2.05, 4.69) is 43.0 Å². The SMILES string of the molecule is Cc1nn(C)c(N(CCO)C(C)C)c1CNC(C)C. The first-order chi connectivity index (χ1) is 8.88. The second-order valence-corrected chi connectivity index (χ2v) is 5.56. The van der Waals surface area contributed by atoms with Gasteiger partial charge in [-0.2, -0.15) is 5.10 Å². The highest BCUT2D eigenvalue weighted by molar-refractivity contribution is 5.51. The molecule has 0 fully saturated rings. The van der Waals surface area contributed by atoms with E-state index in [1.807, 2.05) is 18.7 Å². The first kappa shape index (κ1) is 16.0. The highest BCUT2D eigenvalue weighted by Gasteiger charge is 2.21. The van der Waals surface area contributed by atoms with Crippen LogP contribution in [0.5, 0.6) is 0 Å². The third kappa shape index (κ3) is 3.94. The molecule has 5 heteroatoms. The molecule has 0 bridgehead atoms. The molecule has 110 valence electrons. The Labute approximate surface area is 116 Å². The highest BCUT2D eigenvalue weighted by atomic mass is 16.3. The number of aromatic nitrogens is 2. The van der Waals surface area contributed by atoms with Crippen LogP contribution in [-0.4, -0.2) is 40.1 Å². The molecule has 0 amide bonds. The molecular weight excluding hydrogens is 240 g/mol. The third-order valence-corrected chi connectivity index (χ3v) is 3.24. The fourth-order valence-electron chi connectivity index (χ4n) is 2.28. The van der Waals surface area contributed by atoms with Crippen LogP contribution in [0.3, 0.4) is 0 Å². The van der Waals surface area contributed by atoms with Gasteiger partial charge in [0.2, 0.25) is 0 Å². The van der Waals surface area contributed by atoms with Crippen LogP contribution in [0.4, 0.5) is 5.82 Å². The normalized spacial score (nSPS) is 11.6. The van der Waals surface area contributed by atoms with Gasteiger partial charge < -0.3 is 15.3 Å². The van der Waals surface area contributed by atoms with Crippen LogP contribution in [0.2, 0.25) is 0 Å². The van der Waals surface area contributed by atoms with Crippen molar-refractivity contribution < 1.29 is 5.11 Å². The van der Waals surface area contributed by atoms with E-state index in [4.69, 9.17) is 0 Å². The lowest BCUT2D eigenvalue weighted by Crippen LogP contribution is -2.36. The maximum Gasteiger partial charge on any atom is 0.131 e. The number of aryl methyl sites for hydroxylation is 2. The van der Waals surface area contributed by atoms with E-state index in [0.717, 1.165) is 18.1 Å². The van der Waals surface area contributed by atoms with E-state index < -0.39 is 0 Å². The predicted molar refractivity (Wildman–Crippen MR) is 79.5 cm³/mol. The Balaban J connectivity index is 3.09. The highest BCUT2D eigenvalue weighted by Crippen LogP contribution is 2.24. The van der Waals surface area contributed by atoms with Crippen molar-refractivity contribution in [3.8, 4) is 0 Å². The number of nitrogens with zero attached hydrogens (tertiary/aromatic N) is 3. The molecule has 1 aromatic rings. The zero-order chi connectivity index (χ0) is 14.6. The Morgan fingerprint density at radius 2 is 1.95 bits per heavy atom. The second kappa shape index (κ2) is 6.91. The monoisotopic (exact) mass is 268 g/mol. The van der Waals surface area contributed by atoms with Gasteiger partial charge in [-0.15, -0.1) is 0 Å². The summed E-state index contributed by atoms with van der Waals surface area (Å²) in [5.41, 5.74) is 2.27. The molecule has 1 aromatic heterocycles. The van der Waals surface area contributed by atoms with Crippen molar-refractivity contribution in [2.45, 2.75) is 53.2 Å². The average molecular weight is 268 g/mol. The van der Waals surface area contributed by atoms with Crippen LogP contribution in [0.15, 0.2) is 0 Å². The van der Waals surface area contributed by atoms with Gasteiger partial charge >= 0.3 is 0 Å². The van der Waals surface area contributed by atoms with Gasteiger partial charge in [0.15, 0.2) is 0 Å². The van der Waals surface area contributed by atoms with Crippen molar-refractivity contribution in [3.63, 3.8) is 0 Å². The largest absolute Gasteiger partial charge is 0.395 e. The molecule has 1 heterocycles. The summed E-state index contributed by atoms with van der Waals surface area (Å²) in [7, 11) is 1.97. The molecule has 0 aliphatic carbocycles. The minimum atomic E-state index is 0.152. The van der Waals surface area contributed by atoms with Crippen LogP contribution in [0, 0.1) is 6.92 Å².